The van der Waals surface area contributed by atoms with Gasteiger partial charge in [0.1, 0.15) is 0 Å². The minimum atomic E-state index is -5.08. The van der Waals surface area contributed by atoms with E-state index in [1.54, 1.807) is 0 Å². The first-order chi connectivity index (χ1) is 4.68. The van der Waals surface area contributed by atoms with Crippen molar-refractivity contribution in [1.82, 2.24) is 0 Å². The number of carboxylic acids is 1. The van der Waals surface area contributed by atoms with E-state index >= 15 is 0 Å². The largest absolute Gasteiger partial charge is 0.490 e. The van der Waals surface area contributed by atoms with Crippen molar-refractivity contribution in [2.45, 2.75) is 6.18 Å². The summed E-state index contributed by atoms with van der Waals surface area (Å²) in [5, 5.41) is 13.2. The molecule has 0 heterocycles. The van der Waals surface area contributed by atoms with Crippen molar-refractivity contribution in [3.05, 3.63) is 0 Å². The van der Waals surface area contributed by atoms with Crippen LogP contribution in [0.5, 0.6) is 0 Å². The van der Waals surface area contributed by atoms with Gasteiger partial charge in [0.05, 0.1) is 0 Å². The van der Waals surface area contributed by atoms with Crippen molar-refractivity contribution in [2.75, 3.05) is 0 Å². The van der Waals surface area contributed by atoms with Crippen LogP contribution < -0.4 is 11.5 Å². The SMILES string of the molecule is N=C(N)N.O.O=C(O)C(F)(F)F. The number of hydrogen-bond acceptors (Lipinski definition) is 2. The Bertz CT molecular complexity index is 153. The maximum atomic E-state index is 10.6. The lowest BCUT2D eigenvalue weighted by Crippen LogP contribution is -2.21. The minimum Gasteiger partial charge on any atom is -0.475 e. The standard InChI is InChI=1S/C2HF3O2.CH5N3.H2O/c3-2(4,5)1(6)7;2-1(3)4;/h(H,6,7);(H5,2,3,4);1H2. The maximum Gasteiger partial charge on any atom is 0.490 e. The zero-order valence-corrected chi connectivity index (χ0v) is 5.64. The van der Waals surface area contributed by atoms with Gasteiger partial charge in [-0.05, 0) is 0 Å². The predicted molar refractivity (Wildman–Crippen MR) is 33.4 cm³/mol. The van der Waals surface area contributed by atoms with Crippen molar-refractivity contribution in [1.29, 1.82) is 5.41 Å². The van der Waals surface area contributed by atoms with E-state index in [0.29, 0.717) is 0 Å². The van der Waals surface area contributed by atoms with Gasteiger partial charge in [-0.3, -0.25) is 5.41 Å². The molecule has 0 aliphatic rings. The Labute approximate surface area is 64.8 Å². The summed E-state index contributed by atoms with van der Waals surface area (Å²) in [6, 6.07) is 0. The average molecular weight is 191 g/mol. The van der Waals surface area contributed by atoms with Crippen molar-refractivity contribution >= 4 is 11.9 Å². The third-order valence-corrected chi connectivity index (χ3v) is 0.243. The monoisotopic (exact) mass is 191 g/mol. The van der Waals surface area contributed by atoms with Crippen LogP contribution in [-0.4, -0.2) is 28.7 Å². The van der Waals surface area contributed by atoms with Gasteiger partial charge in [0.15, 0.2) is 5.96 Å². The summed E-state index contributed by atoms with van der Waals surface area (Å²) in [6.07, 6.45) is -5.08. The van der Waals surface area contributed by atoms with Gasteiger partial charge in [0.25, 0.3) is 0 Å². The molecule has 0 saturated carbocycles. The molecule has 0 radical (unpaired) electrons. The number of carbonyl (C=O) groups is 1. The van der Waals surface area contributed by atoms with E-state index in [1.807, 2.05) is 0 Å². The highest BCUT2D eigenvalue weighted by Crippen LogP contribution is 2.13. The van der Waals surface area contributed by atoms with E-state index in [9.17, 15) is 13.2 Å². The van der Waals surface area contributed by atoms with Gasteiger partial charge in [-0.1, -0.05) is 0 Å². The predicted octanol–water partition coefficient (Wildman–Crippen LogP) is -1.35. The second-order valence-corrected chi connectivity index (χ2v) is 1.26. The molecule has 0 bridgehead atoms. The molecule has 0 spiro atoms. The first-order valence-electron chi connectivity index (χ1n) is 2.07. The average Bonchev–Trinajstić information content (AvgIpc) is 1.59. The van der Waals surface area contributed by atoms with Crippen LogP contribution in [0.15, 0.2) is 0 Å². The number of aliphatic carboxylic acids is 1. The van der Waals surface area contributed by atoms with E-state index in [0.717, 1.165) is 0 Å². The number of hydrogen-bond donors (Lipinski definition) is 4. The first kappa shape index (κ1) is 16.8. The van der Waals surface area contributed by atoms with E-state index in [-0.39, 0.29) is 11.4 Å². The topological polar surface area (TPSA) is 145 Å². The molecule has 0 unspecified atom stereocenters. The summed E-state index contributed by atoms with van der Waals surface area (Å²) in [7, 11) is 0. The second kappa shape index (κ2) is 6.22. The molecule has 6 nitrogen and oxygen atoms in total. The molecule has 0 fully saturated rings. The molecule has 0 atom stereocenters. The van der Waals surface area contributed by atoms with Crippen molar-refractivity contribution in [2.24, 2.45) is 11.5 Å². The number of alkyl halides is 3. The molecule has 0 aromatic heterocycles. The Morgan fingerprint density at radius 2 is 1.42 bits per heavy atom. The Morgan fingerprint density at radius 1 is 1.33 bits per heavy atom. The Hall–Kier alpha value is -1.51. The van der Waals surface area contributed by atoms with E-state index in [4.69, 9.17) is 15.3 Å². The first-order valence-corrected chi connectivity index (χ1v) is 2.07. The highest BCUT2D eigenvalue weighted by molar-refractivity contribution is 5.73. The van der Waals surface area contributed by atoms with Gasteiger partial charge in [0.2, 0.25) is 0 Å². The van der Waals surface area contributed by atoms with Crippen molar-refractivity contribution in [3.63, 3.8) is 0 Å². The quantitative estimate of drug-likeness (QED) is 0.277. The Balaban J connectivity index is -0.000000142. The molecular formula is C3H8F3N3O3. The zero-order chi connectivity index (χ0) is 9.65. The maximum absolute atomic E-state index is 10.6. The normalized spacial score (nSPS) is 8.58. The van der Waals surface area contributed by atoms with Gasteiger partial charge >= 0.3 is 12.1 Å². The van der Waals surface area contributed by atoms with Gasteiger partial charge in [-0.25, -0.2) is 4.79 Å². The molecule has 0 rings (SSSR count). The lowest BCUT2D eigenvalue weighted by molar-refractivity contribution is -0.192. The van der Waals surface area contributed by atoms with Crippen LogP contribution in [0.1, 0.15) is 0 Å². The smallest absolute Gasteiger partial charge is 0.475 e. The van der Waals surface area contributed by atoms with Crippen molar-refractivity contribution < 1.29 is 28.5 Å². The summed E-state index contributed by atoms with van der Waals surface area (Å²) in [6.45, 7) is 0. The third kappa shape index (κ3) is 23.6. The molecule has 0 aliphatic carbocycles. The second-order valence-electron chi connectivity index (χ2n) is 1.26. The van der Waals surface area contributed by atoms with E-state index in [2.05, 4.69) is 11.5 Å². The van der Waals surface area contributed by atoms with Crippen LogP contribution in [0.3, 0.4) is 0 Å². The number of nitrogens with one attached hydrogen (secondary N) is 1. The molecule has 0 saturated heterocycles. The van der Waals surface area contributed by atoms with E-state index in [1.165, 1.54) is 0 Å². The summed E-state index contributed by atoms with van der Waals surface area (Å²) >= 11 is 0. The van der Waals surface area contributed by atoms with Crippen LogP contribution in [0, 0.1) is 5.41 Å². The summed E-state index contributed by atoms with van der Waals surface area (Å²) in [5.41, 5.74) is 8.94. The molecule has 9 heteroatoms. The molecule has 8 N–H and O–H groups in total. The lowest BCUT2D eigenvalue weighted by atomic mass is 10.7. The molecule has 74 valence electrons. The summed E-state index contributed by atoms with van der Waals surface area (Å²) in [5.74, 6) is -3.09. The molecule has 12 heavy (non-hydrogen) atoms. The highest BCUT2D eigenvalue weighted by Gasteiger charge is 2.38. The van der Waals surface area contributed by atoms with Crippen LogP contribution >= 0.6 is 0 Å². The molecule has 0 aliphatic heterocycles. The van der Waals surface area contributed by atoms with Crippen LogP contribution in [0.2, 0.25) is 0 Å². The van der Waals surface area contributed by atoms with Crippen molar-refractivity contribution in [3.8, 4) is 0 Å². The number of rotatable bonds is 0. The van der Waals surface area contributed by atoms with Gasteiger partial charge in [-0.15, -0.1) is 0 Å². The number of carboxylic acid groups (broad SMARTS) is 1. The fourth-order valence-corrected chi connectivity index (χ4v) is 0. The number of halogens is 3. The van der Waals surface area contributed by atoms with Crippen LogP contribution in [-0.2, 0) is 4.79 Å². The van der Waals surface area contributed by atoms with Gasteiger partial charge < -0.3 is 22.1 Å². The fourth-order valence-electron chi connectivity index (χ4n) is 0. The molecular weight excluding hydrogens is 183 g/mol. The molecule has 0 amide bonds. The van der Waals surface area contributed by atoms with Crippen LogP contribution in [0.25, 0.3) is 0 Å². The third-order valence-electron chi connectivity index (χ3n) is 0.243. The molecule has 0 aromatic rings. The summed E-state index contributed by atoms with van der Waals surface area (Å²) in [4.78, 5) is 8.90. The van der Waals surface area contributed by atoms with E-state index < -0.39 is 12.1 Å². The fraction of sp³-hybridized carbons (Fsp3) is 0.333. The zero-order valence-electron chi connectivity index (χ0n) is 5.64. The van der Waals surface area contributed by atoms with Gasteiger partial charge in [0, 0.05) is 0 Å². The highest BCUT2D eigenvalue weighted by atomic mass is 19.4. The van der Waals surface area contributed by atoms with Crippen LogP contribution in [0.4, 0.5) is 13.2 Å². The molecule has 0 aromatic carbocycles. The lowest BCUT2D eigenvalue weighted by Gasteiger charge is -1.93. The van der Waals surface area contributed by atoms with Gasteiger partial charge in [-0.2, -0.15) is 13.2 Å². The Kier molecular flexibility index (Phi) is 8.72. The Morgan fingerprint density at radius 3 is 1.42 bits per heavy atom. The summed E-state index contributed by atoms with van der Waals surface area (Å²) < 4.78 is 31.7. The minimum absolute atomic E-state index is 0. The number of guanidine groups is 1. The number of nitrogens with two attached hydrogens (primary N) is 2.